The smallest absolute Gasteiger partial charge is 0.434 e. The van der Waals surface area contributed by atoms with Crippen LogP contribution in [0.25, 0.3) is 0 Å². The van der Waals surface area contributed by atoms with Crippen molar-refractivity contribution in [3.8, 4) is 5.75 Å². The van der Waals surface area contributed by atoms with E-state index >= 15 is 0 Å². The van der Waals surface area contributed by atoms with Crippen LogP contribution in [0.5, 0.6) is 5.75 Å². The number of hydrogen-bond donors (Lipinski definition) is 1. The van der Waals surface area contributed by atoms with Gasteiger partial charge in [-0.1, -0.05) is 18.2 Å². The number of amides is 1. The van der Waals surface area contributed by atoms with Crippen molar-refractivity contribution in [2.75, 3.05) is 11.9 Å². The van der Waals surface area contributed by atoms with Gasteiger partial charge in [0.05, 0.1) is 5.92 Å². The van der Waals surface area contributed by atoms with Crippen LogP contribution < -0.4 is 10.1 Å². The van der Waals surface area contributed by atoms with Crippen molar-refractivity contribution in [1.82, 2.24) is 4.98 Å². The van der Waals surface area contributed by atoms with Crippen LogP contribution >= 0.6 is 11.3 Å². The number of para-hydroxylation sites is 1. The van der Waals surface area contributed by atoms with E-state index in [1.165, 1.54) is 0 Å². The molecule has 4 nitrogen and oxygen atoms in total. The molecule has 2 aromatic rings. The van der Waals surface area contributed by atoms with Crippen molar-refractivity contribution in [2.24, 2.45) is 5.92 Å². The first-order valence-corrected chi connectivity index (χ1v) is 7.36. The molecule has 1 N–H and O–H groups in total. The Morgan fingerprint density at radius 2 is 2.14 bits per heavy atom. The zero-order chi connectivity index (χ0) is 15.7. The van der Waals surface area contributed by atoms with Gasteiger partial charge in [-0.15, -0.1) is 11.3 Å². The highest BCUT2D eigenvalue weighted by Crippen LogP contribution is 2.32. The predicted molar refractivity (Wildman–Crippen MR) is 74.9 cm³/mol. The Labute approximate surface area is 127 Å². The minimum absolute atomic E-state index is 0.0591. The summed E-state index contributed by atoms with van der Waals surface area (Å²) < 4.78 is 42.9. The molecular formula is C14H11F3N2O2S. The minimum atomic E-state index is -4.51. The molecule has 0 saturated heterocycles. The summed E-state index contributed by atoms with van der Waals surface area (Å²) in [5.74, 6) is -0.106. The Morgan fingerprint density at radius 1 is 1.36 bits per heavy atom. The molecule has 0 aliphatic carbocycles. The van der Waals surface area contributed by atoms with Gasteiger partial charge < -0.3 is 10.1 Å². The van der Waals surface area contributed by atoms with Crippen LogP contribution in [0.4, 0.5) is 18.3 Å². The van der Waals surface area contributed by atoms with Crippen LogP contribution in [-0.2, 0) is 17.4 Å². The monoisotopic (exact) mass is 328 g/mol. The quantitative estimate of drug-likeness (QED) is 0.920. The van der Waals surface area contributed by atoms with Crippen molar-refractivity contribution in [3.63, 3.8) is 0 Å². The number of alkyl halides is 3. The first-order valence-electron chi connectivity index (χ1n) is 6.48. The SMILES string of the molecule is O=C(Nc1nc(C(F)(F)F)cs1)C1COc2ccccc2C1. The minimum Gasteiger partial charge on any atom is -0.492 e. The fraction of sp³-hybridized carbons (Fsp3) is 0.286. The largest absolute Gasteiger partial charge is 0.492 e. The summed E-state index contributed by atoms with van der Waals surface area (Å²) >= 11 is 0.750. The lowest BCUT2D eigenvalue weighted by atomic mass is 9.96. The number of ether oxygens (including phenoxy) is 1. The average molecular weight is 328 g/mol. The van der Waals surface area contributed by atoms with E-state index in [1.807, 2.05) is 24.3 Å². The third-order valence-electron chi connectivity index (χ3n) is 3.27. The molecule has 0 spiro atoms. The summed E-state index contributed by atoms with van der Waals surface area (Å²) in [7, 11) is 0. The van der Waals surface area contributed by atoms with Crippen molar-refractivity contribution in [1.29, 1.82) is 0 Å². The molecule has 3 rings (SSSR count). The predicted octanol–water partition coefficient (Wildman–Crippen LogP) is 3.35. The number of anilines is 1. The fourth-order valence-electron chi connectivity index (χ4n) is 2.17. The molecule has 1 amide bonds. The number of thiazole rings is 1. The Balaban J connectivity index is 1.67. The number of nitrogens with one attached hydrogen (secondary N) is 1. The van der Waals surface area contributed by atoms with E-state index in [9.17, 15) is 18.0 Å². The zero-order valence-electron chi connectivity index (χ0n) is 11.2. The number of hydrogen-bond acceptors (Lipinski definition) is 4. The van der Waals surface area contributed by atoms with Crippen molar-refractivity contribution < 1.29 is 22.7 Å². The highest BCUT2D eigenvalue weighted by atomic mass is 32.1. The Kier molecular flexibility index (Phi) is 3.78. The summed E-state index contributed by atoms with van der Waals surface area (Å²) in [5, 5.41) is 3.24. The van der Waals surface area contributed by atoms with E-state index in [0.29, 0.717) is 6.42 Å². The molecule has 0 bridgehead atoms. The van der Waals surface area contributed by atoms with E-state index < -0.39 is 23.7 Å². The van der Waals surface area contributed by atoms with Gasteiger partial charge in [-0.2, -0.15) is 13.2 Å². The third-order valence-corrected chi connectivity index (χ3v) is 4.03. The molecule has 1 aliphatic heterocycles. The number of halogens is 3. The number of carbonyl (C=O) groups excluding carboxylic acids is 1. The maximum Gasteiger partial charge on any atom is 0.434 e. The van der Waals surface area contributed by atoms with E-state index in [0.717, 1.165) is 28.0 Å². The molecule has 116 valence electrons. The topological polar surface area (TPSA) is 51.2 Å². The molecule has 0 saturated carbocycles. The summed E-state index contributed by atoms with van der Waals surface area (Å²) in [4.78, 5) is 15.5. The van der Waals surface area contributed by atoms with Gasteiger partial charge >= 0.3 is 6.18 Å². The number of aromatic nitrogens is 1. The number of fused-ring (bicyclic) bond motifs is 1. The van der Waals surface area contributed by atoms with Crippen LogP contribution in [0.15, 0.2) is 29.6 Å². The maximum atomic E-state index is 12.5. The van der Waals surface area contributed by atoms with Crippen LogP contribution in [0.2, 0.25) is 0 Å². The van der Waals surface area contributed by atoms with Crippen LogP contribution in [0, 0.1) is 5.92 Å². The van der Waals surface area contributed by atoms with Crippen LogP contribution in [0.3, 0.4) is 0 Å². The molecule has 1 aliphatic rings. The van der Waals surface area contributed by atoms with Gasteiger partial charge in [0.25, 0.3) is 0 Å². The summed E-state index contributed by atoms with van der Waals surface area (Å²) in [6, 6.07) is 7.37. The molecule has 1 aromatic heterocycles. The molecule has 8 heteroatoms. The molecule has 2 heterocycles. The standard InChI is InChI=1S/C14H11F3N2O2S/c15-14(16,17)11-7-22-13(18-11)19-12(20)9-5-8-3-1-2-4-10(8)21-6-9/h1-4,7,9H,5-6H2,(H,18,19,20). The molecule has 22 heavy (non-hydrogen) atoms. The highest BCUT2D eigenvalue weighted by molar-refractivity contribution is 7.13. The van der Waals surface area contributed by atoms with Gasteiger partial charge in [0.15, 0.2) is 10.8 Å². The zero-order valence-corrected chi connectivity index (χ0v) is 12.0. The second-order valence-corrected chi connectivity index (χ2v) is 5.70. The van der Waals surface area contributed by atoms with Crippen molar-refractivity contribution in [3.05, 3.63) is 40.9 Å². The van der Waals surface area contributed by atoms with E-state index in [1.54, 1.807) is 0 Å². The van der Waals surface area contributed by atoms with Gasteiger partial charge in [-0.3, -0.25) is 4.79 Å². The number of carbonyl (C=O) groups is 1. The molecule has 0 fully saturated rings. The van der Waals surface area contributed by atoms with Gasteiger partial charge in [0.1, 0.15) is 12.4 Å². The molecule has 1 aromatic carbocycles. The van der Waals surface area contributed by atoms with Gasteiger partial charge in [0.2, 0.25) is 5.91 Å². The average Bonchev–Trinajstić information content (AvgIpc) is 2.95. The van der Waals surface area contributed by atoms with E-state index in [4.69, 9.17) is 4.74 Å². The summed E-state index contributed by atoms with van der Waals surface area (Å²) in [5.41, 5.74) is -0.0953. The lowest BCUT2D eigenvalue weighted by molar-refractivity contribution is -0.140. The lowest BCUT2D eigenvalue weighted by Crippen LogP contribution is -2.32. The van der Waals surface area contributed by atoms with Gasteiger partial charge in [0, 0.05) is 5.38 Å². The van der Waals surface area contributed by atoms with E-state index in [2.05, 4.69) is 10.3 Å². The Bertz CT molecular complexity index is 699. The molecule has 1 unspecified atom stereocenters. The first-order chi connectivity index (χ1) is 10.4. The first kappa shape index (κ1) is 14.8. The summed E-state index contributed by atoms with van der Waals surface area (Å²) in [6.45, 7) is 0.195. The summed E-state index contributed by atoms with van der Waals surface area (Å²) in [6.07, 6.45) is -4.02. The maximum absolute atomic E-state index is 12.5. The number of nitrogens with zero attached hydrogens (tertiary/aromatic N) is 1. The number of benzene rings is 1. The number of rotatable bonds is 2. The van der Waals surface area contributed by atoms with E-state index in [-0.39, 0.29) is 11.7 Å². The Hall–Kier alpha value is -2.09. The second kappa shape index (κ2) is 5.60. The highest BCUT2D eigenvalue weighted by Gasteiger charge is 2.34. The van der Waals surface area contributed by atoms with Crippen LogP contribution in [0.1, 0.15) is 11.3 Å². The molecule has 1 atom stereocenters. The van der Waals surface area contributed by atoms with Crippen LogP contribution in [-0.4, -0.2) is 17.5 Å². The normalized spacial score (nSPS) is 17.5. The fourth-order valence-corrected chi connectivity index (χ4v) is 2.89. The van der Waals surface area contributed by atoms with Crippen molar-refractivity contribution in [2.45, 2.75) is 12.6 Å². The molecular weight excluding hydrogens is 317 g/mol. The lowest BCUT2D eigenvalue weighted by Gasteiger charge is -2.24. The van der Waals surface area contributed by atoms with Crippen molar-refractivity contribution >= 4 is 22.4 Å². The Morgan fingerprint density at radius 3 is 2.86 bits per heavy atom. The molecule has 0 radical (unpaired) electrons. The third kappa shape index (κ3) is 3.06. The second-order valence-electron chi connectivity index (χ2n) is 4.84. The van der Waals surface area contributed by atoms with Gasteiger partial charge in [-0.05, 0) is 18.1 Å². The van der Waals surface area contributed by atoms with Gasteiger partial charge in [-0.25, -0.2) is 4.98 Å².